The summed E-state index contributed by atoms with van der Waals surface area (Å²) in [5.41, 5.74) is 7.99. The van der Waals surface area contributed by atoms with E-state index in [9.17, 15) is 9.59 Å². The second kappa shape index (κ2) is 9.12. The van der Waals surface area contributed by atoms with E-state index in [0.717, 1.165) is 23.4 Å². The molecule has 2 amide bonds. The first-order valence-corrected chi connectivity index (χ1v) is 9.32. The van der Waals surface area contributed by atoms with E-state index in [-0.39, 0.29) is 30.3 Å². The predicted octanol–water partition coefficient (Wildman–Crippen LogP) is 3.26. The molecule has 4 N–H and O–H groups in total. The molecule has 140 valence electrons. The van der Waals surface area contributed by atoms with Crippen LogP contribution in [-0.4, -0.2) is 22.8 Å². The quantitative estimate of drug-likeness (QED) is 0.725. The lowest BCUT2D eigenvalue weighted by Crippen LogP contribution is -2.32. The Hall–Kier alpha value is -1.96. The van der Waals surface area contributed by atoms with Crippen LogP contribution in [0.3, 0.4) is 0 Å². The molecule has 6 nitrogen and oxygen atoms in total. The zero-order chi connectivity index (χ0) is 17.8. The molecular weight excluding hydrogens is 372 g/mol. The first kappa shape index (κ1) is 20.4. The Balaban J connectivity index is 0.00000243. The Morgan fingerprint density at radius 1 is 1.27 bits per heavy atom. The molecule has 1 aliphatic rings. The highest BCUT2D eigenvalue weighted by atomic mass is 35.5. The standard InChI is InChI=1S/C18H22N4O2S.ClH/c1-11-8-12(17(23)20-13-4-2-3-5-13)6-7-14(11)22-18(24)15-10-25-16(9-19)21-15;/h6-8,10,13H,2-5,9,19H2,1H3,(H,20,23)(H,22,24);1H. The average molecular weight is 395 g/mol. The van der Waals surface area contributed by atoms with Gasteiger partial charge in [-0.05, 0) is 43.5 Å². The third-order valence-electron chi connectivity index (χ3n) is 4.39. The van der Waals surface area contributed by atoms with Crippen molar-refractivity contribution in [2.24, 2.45) is 5.73 Å². The minimum atomic E-state index is -0.276. The second-order valence-electron chi connectivity index (χ2n) is 6.27. The minimum Gasteiger partial charge on any atom is -0.349 e. The molecule has 26 heavy (non-hydrogen) atoms. The number of thiazole rings is 1. The van der Waals surface area contributed by atoms with Crippen molar-refractivity contribution in [3.63, 3.8) is 0 Å². The highest BCUT2D eigenvalue weighted by Gasteiger charge is 2.18. The number of rotatable bonds is 5. The van der Waals surface area contributed by atoms with Gasteiger partial charge in [0.15, 0.2) is 0 Å². The highest BCUT2D eigenvalue weighted by molar-refractivity contribution is 7.09. The number of nitrogens with two attached hydrogens (primary N) is 1. The topological polar surface area (TPSA) is 97.1 Å². The summed E-state index contributed by atoms with van der Waals surface area (Å²) in [5.74, 6) is -0.331. The molecule has 0 saturated heterocycles. The maximum absolute atomic E-state index is 12.3. The molecule has 0 spiro atoms. The Bertz CT molecular complexity index is 787. The van der Waals surface area contributed by atoms with Gasteiger partial charge in [0, 0.05) is 29.2 Å². The smallest absolute Gasteiger partial charge is 0.275 e. The van der Waals surface area contributed by atoms with Crippen LogP contribution in [0.1, 0.15) is 57.1 Å². The zero-order valence-corrected chi connectivity index (χ0v) is 16.2. The van der Waals surface area contributed by atoms with Crippen LogP contribution in [0.2, 0.25) is 0 Å². The summed E-state index contributed by atoms with van der Waals surface area (Å²) in [6, 6.07) is 5.58. The van der Waals surface area contributed by atoms with Gasteiger partial charge in [0.25, 0.3) is 11.8 Å². The number of anilines is 1. The number of halogens is 1. The normalized spacial score (nSPS) is 13.9. The average Bonchev–Trinajstić information content (AvgIpc) is 3.27. The van der Waals surface area contributed by atoms with Crippen LogP contribution in [0, 0.1) is 6.92 Å². The fraction of sp³-hybridized carbons (Fsp3) is 0.389. The van der Waals surface area contributed by atoms with Crippen molar-refractivity contribution < 1.29 is 9.59 Å². The molecule has 1 aliphatic carbocycles. The third-order valence-corrected chi connectivity index (χ3v) is 5.26. The number of nitrogens with one attached hydrogen (secondary N) is 2. The van der Waals surface area contributed by atoms with Crippen LogP contribution in [0.5, 0.6) is 0 Å². The molecule has 1 heterocycles. The Labute approximate surface area is 163 Å². The van der Waals surface area contributed by atoms with E-state index < -0.39 is 0 Å². The van der Waals surface area contributed by atoms with Gasteiger partial charge in [0.2, 0.25) is 0 Å². The van der Waals surface area contributed by atoms with Gasteiger partial charge in [-0.15, -0.1) is 23.7 Å². The van der Waals surface area contributed by atoms with Crippen LogP contribution in [0.15, 0.2) is 23.6 Å². The highest BCUT2D eigenvalue weighted by Crippen LogP contribution is 2.21. The lowest BCUT2D eigenvalue weighted by Gasteiger charge is -2.13. The van der Waals surface area contributed by atoms with E-state index in [1.807, 2.05) is 6.92 Å². The van der Waals surface area contributed by atoms with Gasteiger partial charge in [0.05, 0.1) is 0 Å². The van der Waals surface area contributed by atoms with Gasteiger partial charge in [-0.3, -0.25) is 9.59 Å². The number of carbonyl (C=O) groups excluding carboxylic acids is 2. The van der Waals surface area contributed by atoms with Crippen LogP contribution >= 0.6 is 23.7 Å². The lowest BCUT2D eigenvalue weighted by molar-refractivity contribution is 0.0937. The number of aryl methyl sites for hydroxylation is 1. The number of carbonyl (C=O) groups is 2. The maximum atomic E-state index is 12.3. The third kappa shape index (κ3) is 4.81. The number of aromatic nitrogens is 1. The summed E-state index contributed by atoms with van der Waals surface area (Å²) in [7, 11) is 0. The zero-order valence-electron chi connectivity index (χ0n) is 14.6. The first-order valence-electron chi connectivity index (χ1n) is 8.44. The first-order chi connectivity index (χ1) is 12.1. The van der Waals surface area contributed by atoms with E-state index in [1.165, 1.54) is 24.2 Å². The predicted molar refractivity (Wildman–Crippen MR) is 106 cm³/mol. The molecule has 0 bridgehead atoms. The van der Waals surface area contributed by atoms with Crippen molar-refractivity contribution in [1.29, 1.82) is 0 Å². The Morgan fingerprint density at radius 3 is 2.62 bits per heavy atom. The van der Waals surface area contributed by atoms with Gasteiger partial charge in [-0.2, -0.15) is 0 Å². The van der Waals surface area contributed by atoms with E-state index in [2.05, 4.69) is 15.6 Å². The van der Waals surface area contributed by atoms with Gasteiger partial charge >= 0.3 is 0 Å². The van der Waals surface area contributed by atoms with E-state index in [0.29, 0.717) is 23.5 Å². The number of hydrogen-bond donors (Lipinski definition) is 3. The van der Waals surface area contributed by atoms with Crippen molar-refractivity contribution in [3.8, 4) is 0 Å². The van der Waals surface area contributed by atoms with Crippen LogP contribution in [0.25, 0.3) is 0 Å². The lowest BCUT2D eigenvalue weighted by atomic mass is 10.1. The molecule has 0 atom stereocenters. The maximum Gasteiger partial charge on any atom is 0.275 e. The summed E-state index contributed by atoms with van der Waals surface area (Å²) in [4.78, 5) is 28.8. The van der Waals surface area contributed by atoms with Gasteiger partial charge in [-0.1, -0.05) is 12.8 Å². The summed E-state index contributed by atoms with van der Waals surface area (Å²) >= 11 is 1.36. The Kier molecular flexibility index (Phi) is 7.14. The number of amides is 2. The van der Waals surface area contributed by atoms with Gasteiger partial charge < -0.3 is 16.4 Å². The van der Waals surface area contributed by atoms with Crippen LogP contribution < -0.4 is 16.4 Å². The molecule has 1 aromatic heterocycles. The van der Waals surface area contributed by atoms with Gasteiger partial charge in [0.1, 0.15) is 10.7 Å². The molecule has 1 aromatic carbocycles. The van der Waals surface area contributed by atoms with E-state index in [1.54, 1.807) is 23.6 Å². The molecular formula is C18H23ClN4O2S. The number of benzene rings is 1. The molecule has 0 aliphatic heterocycles. The van der Waals surface area contributed by atoms with Gasteiger partial charge in [-0.25, -0.2) is 4.98 Å². The summed E-state index contributed by atoms with van der Waals surface area (Å²) in [5, 5.41) is 8.32. The fourth-order valence-electron chi connectivity index (χ4n) is 2.98. The monoisotopic (exact) mass is 394 g/mol. The van der Waals surface area contributed by atoms with Crippen molar-refractivity contribution in [2.75, 3.05) is 5.32 Å². The molecule has 1 saturated carbocycles. The molecule has 1 fully saturated rings. The SMILES string of the molecule is Cc1cc(C(=O)NC2CCCC2)ccc1NC(=O)c1csc(CN)n1.Cl. The second-order valence-corrected chi connectivity index (χ2v) is 7.21. The van der Waals surface area contributed by atoms with Crippen LogP contribution in [-0.2, 0) is 6.54 Å². The fourth-order valence-corrected chi connectivity index (χ4v) is 3.63. The summed E-state index contributed by atoms with van der Waals surface area (Å²) in [6.07, 6.45) is 4.46. The number of hydrogen-bond acceptors (Lipinski definition) is 5. The van der Waals surface area contributed by atoms with Crippen molar-refractivity contribution >= 4 is 41.2 Å². The van der Waals surface area contributed by atoms with Crippen molar-refractivity contribution in [2.45, 2.75) is 45.2 Å². The summed E-state index contributed by atoms with van der Waals surface area (Å²) in [6.45, 7) is 2.19. The van der Waals surface area contributed by atoms with E-state index in [4.69, 9.17) is 5.73 Å². The molecule has 2 aromatic rings. The van der Waals surface area contributed by atoms with E-state index >= 15 is 0 Å². The molecule has 8 heteroatoms. The number of nitrogens with zero attached hydrogens (tertiary/aromatic N) is 1. The minimum absolute atomic E-state index is 0. The largest absolute Gasteiger partial charge is 0.349 e. The molecule has 0 unspecified atom stereocenters. The van der Waals surface area contributed by atoms with Crippen molar-refractivity contribution in [3.05, 3.63) is 45.4 Å². The van der Waals surface area contributed by atoms with Crippen LogP contribution in [0.4, 0.5) is 5.69 Å². The van der Waals surface area contributed by atoms with Crippen molar-refractivity contribution in [1.82, 2.24) is 10.3 Å². The Morgan fingerprint density at radius 2 is 2.00 bits per heavy atom. The molecule has 3 rings (SSSR count). The summed E-state index contributed by atoms with van der Waals surface area (Å²) < 4.78 is 0. The molecule has 0 radical (unpaired) electrons.